The van der Waals surface area contributed by atoms with Crippen molar-refractivity contribution in [1.29, 1.82) is 0 Å². The Hall–Kier alpha value is -2.04. The Bertz CT molecular complexity index is 564. The first-order valence-electron chi connectivity index (χ1n) is 8.59. The highest BCUT2D eigenvalue weighted by molar-refractivity contribution is 6.39. The molecular weight excluding hydrogens is 290 g/mol. The average molecular weight is 315 g/mol. The van der Waals surface area contributed by atoms with Crippen LogP contribution in [0.15, 0.2) is 24.3 Å². The summed E-state index contributed by atoms with van der Waals surface area (Å²) >= 11 is 0. The van der Waals surface area contributed by atoms with Crippen LogP contribution in [0.3, 0.4) is 0 Å². The Labute approximate surface area is 137 Å². The van der Waals surface area contributed by atoms with Gasteiger partial charge in [0.25, 0.3) is 0 Å². The summed E-state index contributed by atoms with van der Waals surface area (Å²) in [6.07, 6.45) is 4.58. The smallest absolute Gasteiger partial charge is 0.313 e. The summed E-state index contributed by atoms with van der Waals surface area (Å²) in [5.74, 6) is -0.478. The van der Waals surface area contributed by atoms with E-state index in [0.717, 1.165) is 25.9 Å². The molecule has 2 amide bonds. The van der Waals surface area contributed by atoms with Crippen molar-refractivity contribution in [1.82, 2.24) is 4.90 Å². The Balaban J connectivity index is 1.57. The van der Waals surface area contributed by atoms with Crippen LogP contribution >= 0.6 is 0 Å². The number of benzene rings is 1. The molecule has 0 aliphatic carbocycles. The molecule has 1 N–H and O–H groups in total. The van der Waals surface area contributed by atoms with Crippen LogP contribution in [0.1, 0.15) is 32.6 Å². The molecule has 0 bridgehead atoms. The summed E-state index contributed by atoms with van der Waals surface area (Å²) in [6, 6.07) is 7.76. The number of anilines is 2. The molecule has 0 radical (unpaired) electrons. The molecule has 2 fully saturated rings. The molecule has 1 aromatic carbocycles. The van der Waals surface area contributed by atoms with E-state index in [1.807, 2.05) is 24.3 Å². The van der Waals surface area contributed by atoms with Crippen LogP contribution in [-0.4, -0.2) is 42.9 Å². The minimum absolute atomic E-state index is 0.417. The first-order chi connectivity index (χ1) is 11.1. The van der Waals surface area contributed by atoms with Gasteiger partial charge >= 0.3 is 11.8 Å². The maximum atomic E-state index is 12.2. The topological polar surface area (TPSA) is 52.7 Å². The van der Waals surface area contributed by atoms with Gasteiger partial charge in [-0.3, -0.25) is 9.59 Å². The van der Waals surface area contributed by atoms with Crippen molar-refractivity contribution in [3.8, 4) is 0 Å². The number of amides is 2. The Kier molecular flexibility index (Phi) is 4.84. The van der Waals surface area contributed by atoms with Crippen LogP contribution in [0, 0.1) is 5.92 Å². The lowest BCUT2D eigenvalue weighted by Crippen LogP contribution is -2.44. The Morgan fingerprint density at radius 2 is 1.74 bits per heavy atom. The minimum atomic E-state index is -0.534. The van der Waals surface area contributed by atoms with Crippen molar-refractivity contribution in [3.63, 3.8) is 0 Å². The fourth-order valence-electron chi connectivity index (χ4n) is 3.43. The highest BCUT2D eigenvalue weighted by Gasteiger charge is 2.26. The summed E-state index contributed by atoms with van der Waals surface area (Å²) < 4.78 is 0. The fourth-order valence-corrected chi connectivity index (χ4v) is 3.43. The van der Waals surface area contributed by atoms with Crippen molar-refractivity contribution in [2.75, 3.05) is 36.4 Å². The maximum absolute atomic E-state index is 12.2. The number of nitrogens with one attached hydrogen (secondary N) is 1. The zero-order valence-electron chi connectivity index (χ0n) is 13.8. The highest BCUT2D eigenvalue weighted by atomic mass is 16.2. The van der Waals surface area contributed by atoms with Crippen LogP contribution in [0.25, 0.3) is 0 Å². The molecule has 1 aromatic rings. The maximum Gasteiger partial charge on any atom is 0.313 e. The van der Waals surface area contributed by atoms with E-state index in [4.69, 9.17) is 0 Å². The first-order valence-corrected chi connectivity index (χ1v) is 8.59. The van der Waals surface area contributed by atoms with E-state index in [1.165, 1.54) is 18.5 Å². The molecule has 0 saturated carbocycles. The average Bonchev–Trinajstić information content (AvgIpc) is 3.09. The molecule has 3 rings (SSSR count). The van der Waals surface area contributed by atoms with E-state index in [2.05, 4.69) is 17.1 Å². The molecule has 1 unspecified atom stereocenters. The van der Waals surface area contributed by atoms with Gasteiger partial charge in [0.2, 0.25) is 0 Å². The fraction of sp³-hybridized carbons (Fsp3) is 0.556. The van der Waals surface area contributed by atoms with Gasteiger partial charge in [0.05, 0.1) is 0 Å². The summed E-state index contributed by atoms with van der Waals surface area (Å²) in [5, 5.41) is 2.72. The van der Waals surface area contributed by atoms with E-state index < -0.39 is 11.8 Å². The number of hydrogen-bond donors (Lipinski definition) is 1. The standard InChI is InChI=1S/C18H25N3O2/c1-14-5-4-12-21(13-14)18(23)17(22)19-15-6-8-16(9-7-15)20-10-2-3-11-20/h6-9,14H,2-5,10-13H2,1H3,(H,19,22). The van der Waals surface area contributed by atoms with Crippen LogP contribution < -0.4 is 10.2 Å². The highest BCUT2D eigenvalue weighted by Crippen LogP contribution is 2.22. The lowest BCUT2D eigenvalue weighted by molar-refractivity contribution is -0.144. The molecule has 0 aromatic heterocycles. The quantitative estimate of drug-likeness (QED) is 0.853. The molecule has 2 aliphatic heterocycles. The van der Waals surface area contributed by atoms with Crippen LogP contribution in [0.2, 0.25) is 0 Å². The largest absolute Gasteiger partial charge is 0.372 e. The van der Waals surface area contributed by atoms with Crippen LogP contribution in [-0.2, 0) is 9.59 Å². The van der Waals surface area contributed by atoms with Crippen molar-refractivity contribution in [3.05, 3.63) is 24.3 Å². The molecule has 2 aliphatic rings. The first kappa shape index (κ1) is 15.8. The van der Waals surface area contributed by atoms with E-state index >= 15 is 0 Å². The SMILES string of the molecule is CC1CCCN(C(=O)C(=O)Nc2ccc(N3CCCC3)cc2)C1. The summed E-state index contributed by atoms with van der Waals surface area (Å²) in [6.45, 7) is 5.67. The van der Waals surface area contributed by atoms with Gasteiger partial charge < -0.3 is 15.1 Å². The summed E-state index contributed by atoms with van der Waals surface area (Å²) in [7, 11) is 0. The summed E-state index contributed by atoms with van der Waals surface area (Å²) in [5.41, 5.74) is 1.85. The third kappa shape index (κ3) is 3.84. The van der Waals surface area contributed by atoms with Gasteiger partial charge in [0.1, 0.15) is 0 Å². The third-order valence-corrected chi connectivity index (χ3v) is 4.73. The number of likely N-dealkylation sites (tertiary alicyclic amines) is 1. The Morgan fingerprint density at radius 3 is 2.39 bits per heavy atom. The predicted molar refractivity (Wildman–Crippen MR) is 91.5 cm³/mol. The molecule has 23 heavy (non-hydrogen) atoms. The zero-order chi connectivity index (χ0) is 16.2. The van der Waals surface area contributed by atoms with Gasteiger partial charge in [-0.25, -0.2) is 0 Å². The van der Waals surface area contributed by atoms with Gasteiger partial charge in [-0.1, -0.05) is 6.92 Å². The number of carbonyl (C=O) groups excluding carboxylic acids is 2. The van der Waals surface area contributed by atoms with Crippen LogP contribution in [0.5, 0.6) is 0 Å². The molecule has 2 saturated heterocycles. The summed E-state index contributed by atoms with van der Waals surface area (Å²) in [4.78, 5) is 28.4. The second-order valence-corrected chi connectivity index (χ2v) is 6.69. The molecule has 5 heteroatoms. The van der Waals surface area contributed by atoms with Crippen molar-refractivity contribution in [2.45, 2.75) is 32.6 Å². The molecule has 2 heterocycles. The molecule has 1 atom stereocenters. The van der Waals surface area contributed by atoms with Gasteiger partial charge in [-0.2, -0.15) is 0 Å². The van der Waals surface area contributed by atoms with Crippen molar-refractivity contribution >= 4 is 23.2 Å². The van der Waals surface area contributed by atoms with Gasteiger partial charge in [0, 0.05) is 37.6 Å². The lowest BCUT2D eigenvalue weighted by atomic mass is 10.0. The van der Waals surface area contributed by atoms with Gasteiger partial charge in [-0.05, 0) is 55.9 Å². The lowest BCUT2D eigenvalue weighted by Gasteiger charge is -2.30. The zero-order valence-corrected chi connectivity index (χ0v) is 13.8. The number of nitrogens with zero attached hydrogens (tertiary/aromatic N) is 2. The third-order valence-electron chi connectivity index (χ3n) is 4.73. The molecule has 5 nitrogen and oxygen atoms in total. The predicted octanol–water partition coefficient (Wildman–Crippen LogP) is 2.48. The molecule has 124 valence electrons. The van der Waals surface area contributed by atoms with E-state index in [-0.39, 0.29) is 0 Å². The monoisotopic (exact) mass is 315 g/mol. The second-order valence-electron chi connectivity index (χ2n) is 6.69. The van der Waals surface area contributed by atoms with E-state index in [1.54, 1.807) is 4.90 Å². The Morgan fingerprint density at radius 1 is 1.04 bits per heavy atom. The van der Waals surface area contributed by atoms with E-state index in [0.29, 0.717) is 24.7 Å². The minimum Gasteiger partial charge on any atom is -0.372 e. The number of rotatable bonds is 2. The number of hydrogen-bond acceptors (Lipinski definition) is 3. The molecular formula is C18H25N3O2. The second kappa shape index (κ2) is 7.02. The van der Waals surface area contributed by atoms with Gasteiger partial charge in [0.15, 0.2) is 0 Å². The normalized spacial score (nSPS) is 21.3. The van der Waals surface area contributed by atoms with Crippen LogP contribution in [0.4, 0.5) is 11.4 Å². The number of piperidine rings is 1. The number of carbonyl (C=O) groups is 2. The van der Waals surface area contributed by atoms with E-state index in [9.17, 15) is 9.59 Å². The van der Waals surface area contributed by atoms with Crippen molar-refractivity contribution in [2.24, 2.45) is 5.92 Å². The van der Waals surface area contributed by atoms with Crippen molar-refractivity contribution < 1.29 is 9.59 Å². The van der Waals surface area contributed by atoms with Gasteiger partial charge in [-0.15, -0.1) is 0 Å². The molecule has 0 spiro atoms.